The topological polar surface area (TPSA) is 44.1 Å². The van der Waals surface area contributed by atoms with Crippen LogP contribution in [0.5, 0.6) is 0 Å². The summed E-state index contributed by atoms with van der Waals surface area (Å²) in [5.74, 6) is 0.379. The van der Waals surface area contributed by atoms with Gasteiger partial charge in [-0.15, -0.1) is 0 Å². The van der Waals surface area contributed by atoms with Gasteiger partial charge in [0.15, 0.2) is 0 Å². The standard InChI is InChI=1S/C32H23Cl2F3N2O2/c1-41-31(40)24-8-4-21(5-9-24)18-39-19-29(27-15-14-26(33)17-28(27)34)38-30(39)16-20-2-6-22(7-3-20)23-10-12-25(13-11-23)32(35,36)37/h2-15,17,19H,16,18H2,1H3. The maximum absolute atomic E-state index is 12.9. The number of alkyl halides is 3. The van der Waals surface area contributed by atoms with Crippen molar-refractivity contribution in [2.75, 3.05) is 7.11 Å². The Bertz CT molecular complexity index is 1680. The summed E-state index contributed by atoms with van der Waals surface area (Å²) in [6, 6.07) is 25.2. The van der Waals surface area contributed by atoms with E-state index in [2.05, 4.69) is 0 Å². The van der Waals surface area contributed by atoms with Gasteiger partial charge in [-0.2, -0.15) is 13.2 Å². The highest BCUT2D eigenvalue weighted by Crippen LogP contribution is 2.32. The van der Waals surface area contributed by atoms with E-state index < -0.39 is 17.7 Å². The van der Waals surface area contributed by atoms with Crippen LogP contribution in [0.3, 0.4) is 0 Å². The number of hydrogen-bond acceptors (Lipinski definition) is 3. The number of hydrogen-bond donors (Lipinski definition) is 0. The van der Waals surface area contributed by atoms with Crippen molar-refractivity contribution in [3.05, 3.63) is 135 Å². The zero-order valence-electron chi connectivity index (χ0n) is 21.8. The molecule has 0 aliphatic heterocycles. The molecule has 0 aliphatic rings. The van der Waals surface area contributed by atoms with E-state index in [0.29, 0.717) is 39.8 Å². The monoisotopic (exact) mass is 594 g/mol. The number of ether oxygens (including phenoxy) is 1. The maximum atomic E-state index is 12.9. The lowest BCUT2D eigenvalue weighted by atomic mass is 10.0. The first kappa shape index (κ1) is 28.5. The molecule has 0 saturated carbocycles. The summed E-state index contributed by atoms with van der Waals surface area (Å²) in [5, 5.41) is 1.01. The summed E-state index contributed by atoms with van der Waals surface area (Å²) in [5.41, 5.74) is 4.66. The minimum absolute atomic E-state index is 0.403. The first-order valence-electron chi connectivity index (χ1n) is 12.6. The van der Waals surface area contributed by atoms with Gasteiger partial charge in [-0.25, -0.2) is 9.78 Å². The fourth-order valence-electron chi connectivity index (χ4n) is 4.47. The number of benzene rings is 4. The molecule has 0 spiro atoms. The van der Waals surface area contributed by atoms with Crippen LogP contribution >= 0.6 is 23.2 Å². The Kier molecular flexibility index (Phi) is 8.20. The third-order valence-electron chi connectivity index (χ3n) is 6.66. The van der Waals surface area contributed by atoms with E-state index in [-0.39, 0.29) is 0 Å². The van der Waals surface area contributed by atoms with Gasteiger partial charge in [-0.1, -0.05) is 71.7 Å². The fraction of sp³-hybridized carbons (Fsp3) is 0.125. The van der Waals surface area contributed by atoms with E-state index in [1.807, 2.05) is 53.2 Å². The van der Waals surface area contributed by atoms with Gasteiger partial charge in [-0.3, -0.25) is 0 Å². The number of carbonyl (C=O) groups excluding carboxylic acids is 1. The van der Waals surface area contributed by atoms with Crippen LogP contribution in [-0.2, 0) is 23.9 Å². The van der Waals surface area contributed by atoms with Crippen molar-refractivity contribution in [3.63, 3.8) is 0 Å². The molecule has 41 heavy (non-hydrogen) atoms. The van der Waals surface area contributed by atoms with Gasteiger partial charge < -0.3 is 9.30 Å². The highest BCUT2D eigenvalue weighted by Gasteiger charge is 2.30. The number of imidazole rings is 1. The summed E-state index contributed by atoms with van der Waals surface area (Å²) in [6.07, 6.45) is -1.95. The SMILES string of the molecule is COC(=O)c1ccc(Cn2cc(-c3ccc(Cl)cc3Cl)nc2Cc2ccc(-c3ccc(C(F)(F)F)cc3)cc2)cc1. The molecule has 0 amide bonds. The number of halogens is 5. The molecule has 0 saturated heterocycles. The first-order valence-corrected chi connectivity index (χ1v) is 13.3. The van der Waals surface area contributed by atoms with E-state index >= 15 is 0 Å². The van der Waals surface area contributed by atoms with Gasteiger partial charge in [0.1, 0.15) is 5.82 Å². The highest BCUT2D eigenvalue weighted by atomic mass is 35.5. The molecule has 5 rings (SSSR count). The molecule has 0 fully saturated rings. The Morgan fingerprint density at radius 3 is 2.05 bits per heavy atom. The van der Waals surface area contributed by atoms with Crippen molar-refractivity contribution in [3.8, 4) is 22.4 Å². The third-order valence-corrected chi connectivity index (χ3v) is 7.20. The molecule has 4 aromatic carbocycles. The zero-order valence-corrected chi connectivity index (χ0v) is 23.3. The van der Waals surface area contributed by atoms with Crippen LogP contribution < -0.4 is 0 Å². The molecule has 0 atom stereocenters. The summed E-state index contributed by atoms with van der Waals surface area (Å²) in [6.45, 7) is 0.499. The molecule has 1 aromatic heterocycles. The molecular weight excluding hydrogens is 572 g/mol. The van der Waals surface area contributed by atoms with Crippen LogP contribution in [0.1, 0.15) is 32.9 Å². The van der Waals surface area contributed by atoms with Gasteiger partial charge in [0.2, 0.25) is 0 Å². The largest absolute Gasteiger partial charge is 0.465 e. The summed E-state index contributed by atoms with van der Waals surface area (Å²) in [4.78, 5) is 16.7. The predicted molar refractivity (Wildman–Crippen MR) is 154 cm³/mol. The van der Waals surface area contributed by atoms with Crippen LogP contribution in [0, 0.1) is 0 Å². The number of aromatic nitrogens is 2. The van der Waals surface area contributed by atoms with E-state index in [1.165, 1.54) is 19.2 Å². The van der Waals surface area contributed by atoms with Crippen molar-refractivity contribution in [1.82, 2.24) is 9.55 Å². The molecule has 0 bridgehead atoms. The van der Waals surface area contributed by atoms with Gasteiger partial charge in [0, 0.05) is 29.7 Å². The lowest BCUT2D eigenvalue weighted by Gasteiger charge is -2.10. The number of rotatable bonds is 7. The molecular formula is C32H23Cl2F3N2O2. The molecule has 1 heterocycles. The van der Waals surface area contributed by atoms with Gasteiger partial charge in [0.25, 0.3) is 0 Å². The minimum Gasteiger partial charge on any atom is -0.465 e. The average molecular weight is 595 g/mol. The second-order valence-electron chi connectivity index (χ2n) is 9.43. The normalized spacial score (nSPS) is 11.5. The second-order valence-corrected chi connectivity index (χ2v) is 10.3. The van der Waals surface area contributed by atoms with Crippen LogP contribution in [-0.4, -0.2) is 22.6 Å². The van der Waals surface area contributed by atoms with Crippen molar-refractivity contribution in [2.45, 2.75) is 19.1 Å². The minimum atomic E-state index is -4.37. The molecule has 0 unspecified atom stereocenters. The average Bonchev–Trinajstić information content (AvgIpc) is 3.34. The van der Waals surface area contributed by atoms with Crippen LogP contribution in [0.2, 0.25) is 10.0 Å². The molecule has 9 heteroatoms. The molecule has 4 nitrogen and oxygen atoms in total. The highest BCUT2D eigenvalue weighted by molar-refractivity contribution is 6.36. The van der Waals surface area contributed by atoms with Gasteiger partial charge in [0.05, 0.1) is 29.0 Å². The molecule has 208 valence electrons. The lowest BCUT2D eigenvalue weighted by molar-refractivity contribution is -0.137. The van der Waals surface area contributed by atoms with E-state index in [9.17, 15) is 18.0 Å². The Morgan fingerprint density at radius 2 is 1.46 bits per heavy atom. The zero-order chi connectivity index (χ0) is 29.1. The quantitative estimate of drug-likeness (QED) is 0.177. The Labute approximate surface area is 245 Å². The van der Waals surface area contributed by atoms with Crippen LogP contribution in [0.25, 0.3) is 22.4 Å². The Hall–Kier alpha value is -4.07. The number of carbonyl (C=O) groups is 1. The molecule has 0 aliphatic carbocycles. The van der Waals surface area contributed by atoms with Crippen molar-refractivity contribution in [1.29, 1.82) is 0 Å². The van der Waals surface area contributed by atoms with Crippen LogP contribution in [0.15, 0.2) is 97.2 Å². The van der Waals surface area contributed by atoms with Crippen molar-refractivity contribution < 1.29 is 22.7 Å². The summed E-state index contributed by atoms with van der Waals surface area (Å²) < 4.78 is 45.6. The number of methoxy groups -OCH3 is 1. The first-order chi connectivity index (χ1) is 19.6. The molecule has 5 aromatic rings. The molecule has 0 N–H and O–H groups in total. The van der Waals surface area contributed by atoms with E-state index in [1.54, 1.807) is 24.3 Å². The van der Waals surface area contributed by atoms with E-state index in [0.717, 1.165) is 40.2 Å². The number of esters is 1. The maximum Gasteiger partial charge on any atom is 0.416 e. The Balaban J connectivity index is 1.43. The number of nitrogens with zero attached hydrogens (tertiary/aromatic N) is 2. The van der Waals surface area contributed by atoms with Crippen LogP contribution in [0.4, 0.5) is 13.2 Å². The predicted octanol–water partition coefficient (Wildman–Crippen LogP) is 8.97. The second kappa shape index (κ2) is 11.8. The third kappa shape index (κ3) is 6.64. The lowest BCUT2D eigenvalue weighted by Crippen LogP contribution is -2.06. The van der Waals surface area contributed by atoms with Crippen molar-refractivity contribution >= 4 is 29.2 Å². The summed E-state index contributed by atoms with van der Waals surface area (Å²) in [7, 11) is 1.34. The van der Waals surface area contributed by atoms with Gasteiger partial charge in [-0.05, 0) is 64.7 Å². The summed E-state index contributed by atoms with van der Waals surface area (Å²) >= 11 is 12.6. The fourth-order valence-corrected chi connectivity index (χ4v) is 4.97. The van der Waals surface area contributed by atoms with Gasteiger partial charge >= 0.3 is 12.1 Å². The van der Waals surface area contributed by atoms with Crippen molar-refractivity contribution in [2.24, 2.45) is 0 Å². The molecule has 0 radical (unpaired) electrons. The Morgan fingerprint density at radius 1 is 0.854 bits per heavy atom. The van der Waals surface area contributed by atoms with E-state index in [4.69, 9.17) is 32.9 Å². The smallest absolute Gasteiger partial charge is 0.416 e.